The number of anilines is 1. The minimum Gasteiger partial charge on any atom is -0.382 e. The van der Waals surface area contributed by atoms with Crippen LogP contribution in [0.1, 0.15) is 39.0 Å². The SMILES string of the molecule is CCOCCC1(CNC(=NC)N2CCN(c3cnn(C)c3)C(=O)C2)CCCC1. The Kier molecular flexibility index (Phi) is 6.93. The highest BCUT2D eigenvalue weighted by Gasteiger charge is 2.34. The molecule has 1 saturated carbocycles. The predicted molar refractivity (Wildman–Crippen MR) is 111 cm³/mol. The molecule has 156 valence electrons. The highest BCUT2D eigenvalue weighted by molar-refractivity contribution is 5.98. The van der Waals surface area contributed by atoms with E-state index in [-0.39, 0.29) is 11.3 Å². The van der Waals surface area contributed by atoms with E-state index >= 15 is 0 Å². The van der Waals surface area contributed by atoms with E-state index in [1.165, 1.54) is 25.7 Å². The average molecular weight is 391 g/mol. The highest BCUT2D eigenvalue weighted by Crippen LogP contribution is 2.40. The third-order valence-corrected chi connectivity index (χ3v) is 6.00. The second-order valence-electron chi connectivity index (χ2n) is 7.89. The molecule has 8 heteroatoms. The predicted octanol–water partition coefficient (Wildman–Crippen LogP) is 1.63. The number of aliphatic imine (C=N–C) groups is 1. The van der Waals surface area contributed by atoms with Crippen LogP contribution in [0.3, 0.4) is 0 Å². The van der Waals surface area contributed by atoms with Gasteiger partial charge < -0.3 is 19.9 Å². The van der Waals surface area contributed by atoms with E-state index in [0.29, 0.717) is 13.1 Å². The Labute approximate surface area is 167 Å². The number of carbonyl (C=O) groups excluding carboxylic acids is 1. The molecule has 0 aromatic carbocycles. The lowest BCUT2D eigenvalue weighted by Crippen LogP contribution is -2.56. The molecule has 1 aliphatic carbocycles. The molecule has 1 amide bonds. The summed E-state index contributed by atoms with van der Waals surface area (Å²) in [6, 6.07) is 0. The van der Waals surface area contributed by atoms with Crippen molar-refractivity contribution in [2.45, 2.75) is 39.0 Å². The number of hydrogen-bond acceptors (Lipinski definition) is 4. The summed E-state index contributed by atoms with van der Waals surface area (Å²) < 4.78 is 7.34. The van der Waals surface area contributed by atoms with Crippen LogP contribution in [0.2, 0.25) is 0 Å². The summed E-state index contributed by atoms with van der Waals surface area (Å²) in [5.74, 6) is 0.899. The maximum absolute atomic E-state index is 12.7. The number of piperazine rings is 1. The highest BCUT2D eigenvalue weighted by atomic mass is 16.5. The maximum Gasteiger partial charge on any atom is 0.246 e. The first kappa shape index (κ1) is 20.6. The fraction of sp³-hybridized carbons (Fsp3) is 0.750. The molecule has 0 unspecified atom stereocenters. The zero-order valence-electron chi connectivity index (χ0n) is 17.5. The van der Waals surface area contributed by atoms with Gasteiger partial charge in [0.1, 0.15) is 6.54 Å². The average Bonchev–Trinajstić information content (AvgIpc) is 3.32. The van der Waals surface area contributed by atoms with Gasteiger partial charge in [0.05, 0.1) is 11.9 Å². The number of aromatic nitrogens is 2. The monoisotopic (exact) mass is 390 g/mol. The van der Waals surface area contributed by atoms with E-state index in [2.05, 4.69) is 20.3 Å². The molecule has 0 atom stereocenters. The van der Waals surface area contributed by atoms with E-state index < -0.39 is 0 Å². The number of nitrogens with zero attached hydrogens (tertiary/aromatic N) is 5. The Bertz CT molecular complexity index is 680. The zero-order valence-corrected chi connectivity index (χ0v) is 17.5. The quantitative estimate of drug-likeness (QED) is 0.435. The fourth-order valence-corrected chi connectivity index (χ4v) is 4.35. The van der Waals surface area contributed by atoms with Gasteiger partial charge in [-0.25, -0.2) is 0 Å². The summed E-state index contributed by atoms with van der Waals surface area (Å²) >= 11 is 0. The third-order valence-electron chi connectivity index (χ3n) is 6.00. The molecule has 8 nitrogen and oxygen atoms in total. The largest absolute Gasteiger partial charge is 0.382 e. The number of hydrogen-bond donors (Lipinski definition) is 1. The number of ether oxygens (including phenoxy) is 1. The summed E-state index contributed by atoms with van der Waals surface area (Å²) in [5.41, 5.74) is 1.14. The topological polar surface area (TPSA) is 75.0 Å². The van der Waals surface area contributed by atoms with Crippen LogP contribution in [0.25, 0.3) is 0 Å². The zero-order chi connectivity index (χ0) is 20.0. The van der Waals surface area contributed by atoms with Crippen LogP contribution in [0.5, 0.6) is 0 Å². The summed E-state index contributed by atoms with van der Waals surface area (Å²) in [6.45, 7) is 6.26. The Morgan fingerprint density at radius 3 is 2.75 bits per heavy atom. The maximum atomic E-state index is 12.7. The second kappa shape index (κ2) is 9.41. The van der Waals surface area contributed by atoms with Crippen molar-refractivity contribution in [1.82, 2.24) is 20.0 Å². The molecule has 28 heavy (non-hydrogen) atoms. The van der Waals surface area contributed by atoms with Crippen molar-refractivity contribution in [2.75, 3.05) is 51.3 Å². The molecule has 2 heterocycles. The molecule has 3 rings (SSSR count). The molecule has 0 radical (unpaired) electrons. The summed E-state index contributed by atoms with van der Waals surface area (Å²) in [6.07, 6.45) is 9.74. The molecular formula is C20H34N6O2. The van der Waals surface area contributed by atoms with Gasteiger partial charge >= 0.3 is 0 Å². The molecule has 2 aliphatic rings. The van der Waals surface area contributed by atoms with Crippen molar-refractivity contribution in [3.63, 3.8) is 0 Å². The lowest BCUT2D eigenvalue weighted by atomic mass is 9.83. The van der Waals surface area contributed by atoms with Crippen LogP contribution < -0.4 is 10.2 Å². The van der Waals surface area contributed by atoms with E-state index in [4.69, 9.17) is 4.74 Å². The van der Waals surface area contributed by atoms with Crippen LogP contribution in [-0.2, 0) is 16.6 Å². The first-order chi connectivity index (χ1) is 13.6. The molecular weight excluding hydrogens is 356 g/mol. The smallest absolute Gasteiger partial charge is 0.246 e. The van der Waals surface area contributed by atoms with Gasteiger partial charge in [-0.2, -0.15) is 5.10 Å². The molecule has 1 N–H and O–H groups in total. The van der Waals surface area contributed by atoms with Crippen LogP contribution in [-0.4, -0.2) is 73.0 Å². The number of amides is 1. The molecule has 0 bridgehead atoms. The first-order valence-electron chi connectivity index (χ1n) is 10.4. The second-order valence-corrected chi connectivity index (χ2v) is 7.89. The van der Waals surface area contributed by atoms with Gasteiger partial charge in [-0.05, 0) is 31.6 Å². The molecule has 1 aromatic heterocycles. The molecule has 0 spiro atoms. The van der Waals surface area contributed by atoms with Crippen molar-refractivity contribution in [3.05, 3.63) is 12.4 Å². The first-order valence-corrected chi connectivity index (χ1v) is 10.4. The van der Waals surface area contributed by atoms with Gasteiger partial charge in [-0.3, -0.25) is 14.5 Å². The Hall–Kier alpha value is -2.09. The van der Waals surface area contributed by atoms with Crippen LogP contribution in [0.4, 0.5) is 5.69 Å². The van der Waals surface area contributed by atoms with E-state index in [0.717, 1.165) is 44.4 Å². The number of carbonyl (C=O) groups is 1. The molecule has 2 fully saturated rings. The van der Waals surface area contributed by atoms with Crippen LogP contribution >= 0.6 is 0 Å². The summed E-state index contributed by atoms with van der Waals surface area (Å²) in [5, 5.41) is 7.73. The minimum absolute atomic E-state index is 0.0779. The normalized spacial score (nSPS) is 20.1. The van der Waals surface area contributed by atoms with Gasteiger partial charge in [0, 0.05) is 53.1 Å². The fourth-order valence-electron chi connectivity index (χ4n) is 4.35. The summed E-state index contributed by atoms with van der Waals surface area (Å²) in [7, 11) is 3.65. The number of rotatable bonds is 7. The molecule has 1 saturated heterocycles. The third kappa shape index (κ3) is 4.84. The summed E-state index contributed by atoms with van der Waals surface area (Å²) in [4.78, 5) is 21.0. The molecule has 1 aliphatic heterocycles. The van der Waals surface area contributed by atoms with Crippen molar-refractivity contribution >= 4 is 17.6 Å². The number of guanidine groups is 1. The van der Waals surface area contributed by atoms with E-state index in [9.17, 15) is 4.79 Å². The number of nitrogens with one attached hydrogen (secondary N) is 1. The van der Waals surface area contributed by atoms with Crippen molar-refractivity contribution in [2.24, 2.45) is 17.5 Å². The van der Waals surface area contributed by atoms with Gasteiger partial charge in [0.25, 0.3) is 0 Å². The molecule has 1 aromatic rings. The lowest BCUT2D eigenvalue weighted by Gasteiger charge is -2.37. The van der Waals surface area contributed by atoms with Crippen LogP contribution in [0.15, 0.2) is 17.4 Å². The van der Waals surface area contributed by atoms with E-state index in [1.54, 1.807) is 22.8 Å². The van der Waals surface area contributed by atoms with Crippen molar-refractivity contribution in [1.29, 1.82) is 0 Å². The van der Waals surface area contributed by atoms with Gasteiger partial charge in [-0.15, -0.1) is 0 Å². The Morgan fingerprint density at radius 2 is 2.14 bits per heavy atom. The van der Waals surface area contributed by atoms with Gasteiger partial charge in [0.15, 0.2) is 5.96 Å². The lowest BCUT2D eigenvalue weighted by molar-refractivity contribution is -0.120. The van der Waals surface area contributed by atoms with Gasteiger partial charge in [-0.1, -0.05) is 12.8 Å². The Morgan fingerprint density at radius 1 is 1.36 bits per heavy atom. The Balaban J connectivity index is 1.56. The van der Waals surface area contributed by atoms with Gasteiger partial charge in [0.2, 0.25) is 5.91 Å². The van der Waals surface area contributed by atoms with E-state index in [1.807, 2.05) is 20.2 Å². The standard InChI is InChI=1S/C20H34N6O2/c1-4-28-12-9-20(7-5-6-8-20)16-22-19(21-2)25-10-11-26(18(27)15-25)17-13-23-24(3)14-17/h13-14H,4-12,15-16H2,1-3H3,(H,21,22). The van der Waals surface area contributed by atoms with Crippen molar-refractivity contribution in [3.8, 4) is 0 Å². The van der Waals surface area contributed by atoms with Crippen molar-refractivity contribution < 1.29 is 9.53 Å². The minimum atomic E-state index is 0.0779. The van der Waals surface area contributed by atoms with Crippen LogP contribution in [0, 0.1) is 5.41 Å². The number of aryl methyl sites for hydroxylation is 1.